The zero-order chi connectivity index (χ0) is 11.9. The van der Waals surface area contributed by atoms with Gasteiger partial charge >= 0.3 is 0 Å². The zero-order valence-electron chi connectivity index (χ0n) is 9.83. The molecule has 0 spiro atoms. The number of nitrogens with zero attached hydrogens (tertiary/aromatic N) is 1. The first-order valence-electron chi connectivity index (χ1n) is 6.06. The molecule has 0 aromatic heterocycles. The van der Waals surface area contributed by atoms with Crippen LogP contribution in [0.25, 0.3) is 0 Å². The molecule has 0 aromatic carbocycles. The minimum absolute atomic E-state index is 0.0419. The third-order valence-electron chi connectivity index (χ3n) is 3.89. The van der Waals surface area contributed by atoms with Gasteiger partial charge < -0.3 is 4.90 Å². The summed E-state index contributed by atoms with van der Waals surface area (Å²) < 4.78 is 26.3. The molecule has 1 saturated carbocycles. The van der Waals surface area contributed by atoms with Crippen LogP contribution in [0.3, 0.4) is 0 Å². The normalized spacial score (nSPS) is 38.9. The second-order valence-corrected chi connectivity index (χ2v) is 5.43. The molecule has 0 aromatic rings. The fraction of sp³-hybridized carbons (Fsp3) is 0.917. The van der Waals surface area contributed by atoms with Gasteiger partial charge in [-0.3, -0.25) is 4.79 Å². The van der Waals surface area contributed by atoms with Gasteiger partial charge in [-0.1, -0.05) is 13.8 Å². The van der Waals surface area contributed by atoms with Crippen LogP contribution in [0.4, 0.5) is 8.78 Å². The fourth-order valence-electron chi connectivity index (χ4n) is 2.61. The van der Waals surface area contributed by atoms with Gasteiger partial charge in [0.25, 0.3) is 0 Å². The number of halogens is 2. The second-order valence-electron chi connectivity index (χ2n) is 5.43. The van der Waals surface area contributed by atoms with Crippen molar-refractivity contribution in [3.8, 4) is 0 Å². The van der Waals surface area contributed by atoms with Crippen molar-refractivity contribution in [2.24, 2.45) is 17.8 Å². The van der Waals surface area contributed by atoms with Gasteiger partial charge in [-0.2, -0.15) is 0 Å². The summed E-state index contributed by atoms with van der Waals surface area (Å²) in [5.74, 6) is -0.0267. The smallest absolute Gasteiger partial charge is 0.226 e. The van der Waals surface area contributed by atoms with E-state index in [0.717, 1.165) is 0 Å². The molecule has 1 unspecified atom stereocenters. The standard InChI is InChI=1S/C12H19F2NO/c1-7(2)10-5-15(6-11(10)14)12(16)8-3-9(13)4-8/h7-11H,3-6H2,1-2H3/t8?,9?,10?,11-/m0/s1. The molecule has 2 aliphatic rings. The third-order valence-corrected chi connectivity index (χ3v) is 3.89. The van der Waals surface area contributed by atoms with E-state index in [9.17, 15) is 13.6 Å². The van der Waals surface area contributed by atoms with Crippen molar-refractivity contribution in [1.82, 2.24) is 4.90 Å². The number of alkyl halides is 2. The molecular weight excluding hydrogens is 212 g/mol. The Balaban J connectivity index is 1.90. The number of carbonyl (C=O) groups excluding carboxylic acids is 1. The van der Waals surface area contributed by atoms with Crippen molar-refractivity contribution in [1.29, 1.82) is 0 Å². The van der Waals surface area contributed by atoms with Crippen molar-refractivity contribution < 1.29 is 13.6 Å². The van der Waals surface area contributed by atoms with Crippen LogP contribution in [0.2, 0.25) is 0 Å². The Morgan fingerprint density at radius 1 is 1.25 bits per heavy atom. The number of carbonyl (C=O) groups is 1. The molecule has 2 rings (SSSR count). The second kappa shape index (κ2) is 4.30. The SMILES string of the molecule is CC(C)C1CN(C(=O)C2CC(F)C2)C[C@@H]1F. The topological polar surface area (TPSA) is 20.3 Å². The highest BCUT2D eigenvalue weighted by atomic mass is 19.1. The van der Waals surface area contributed by atoms with Crippen molar-refractivity contribution in [3.05, 3.63) is 0 Å². The van der Waals surface area contributed by atoms with Gasteiger partial charge in [-0.25, -0.2) is 8.78 Å². The van der Waals surface area contributed by atoms with Gasteiger partial charge in [-0.15, -0.1) is 0 Å². The maximum atomic E-state index is 13.6. The van der Waals surface area contributed by atoms with Crippen LogP contribution >= 0.6 is 0 Å². The molecule has 2 atom stereocenters. The van der Waals surface area contributed by atoms with Crippen LogP contribution in [0, 0.1) is 17.8 Å². The molecule has 1 amide bonds. The molecule has 1 saturated heterocycles. The van der Waals surface area contributed by atoms with Gasteiger partial charge in [0.05, 0.1) is 6.54 Å². The highest BCUT2D eigenvalue weighted by Crippen LogP contribution is 2.34. The summed E-state index contributed by atoms with van der Waals surface area (Å²) in [4.78, 5) is 13.5. The van der Waals surface area contributed by atoms with Crippen molar-refractivity contribution in [3.63, 3.8) is 0 Å². The molecule has 1 heterocycles. The van der Waals surface area contributed by atoms with E-state index in [0.29, 0.717) is 19.4 Å². The fourth-order valence-corrected chi connectivity index (χ4v) is 2.61. The highest BCUT2D eigenvalue weighted by molar-refractivity contribution is 5.80. The van der Waals surface area contributed by atoms with E-state index >= 15 is 0 Å². The van der Waals surface area contributed by atoms with Crippen LogP contribution in [-0.4, -0.2) is 36.2 Å². The summed E-state index contributed by atoms with van der Waals surface area (Å²) in [6, 6.07) is 0. The first-order valence-corrected chi connectivity index (χ1v) is 6.06. The molecule has 1 aliphatic heterocycles. The van der Waals surface area contributed by atoms with Gasteiger partial charge in [0.1, 0.15) is 12.3 Å². The zero-order valence-corrected chi connectivity index (χ0v) is 9.83. The van der Waals surface area contributed by atoms with E-state index in [-0.39, 0.29) is 30.2 Å². The Kier molecular flexibility index (Phi) is 3.17. The molecule has 2 nitrogen and oxygen atoms in total. The van der Waals surface area contributed by atoms with Gasteiger partial charge in [0.2, 0.25) is 5.91 Å². The minimum atomic E-state index is -0.912. The number of rotatable bonds is 2. The molecule has 0 N–H and O–H groups in total. The molecule has 0 radical (unpaired) electrons. The number of hydrogen-bond acceptors (Lipinski definition) is 1. The minimum Gasteiger partial charge on any atom is -0.339 e. The number of amides is 1. The average molecular weight is 231 g/mol. The van der Waals surface area contributed by atoms with Crippen LogP contribution in [-0.2, 0) is 4.79 Å². The first-order chi connectivity index (χ1) is 7.49. The predicted molar refractivity (Wildman–Crippen MR) is 57.4 cm³/mol. The average Bonchev–Trinajstić information content (AvgIpc) is 2.54. The summed E-state index contributed by atoms with van der Waals surface area (Å²) in [6.45, 7) is 4.67. The van der Waals surface area contributed by atoms with E-state index in [1.54, 1.807) is 4.90 Å². The van der Waals surface area contributed by atoms with Crippen LogP contribution in [0.15, 0.2) is 0 Å². The van der Waals surface area contributed by atoms with Crippen molar-refractivity contribution >= 4 is 5.91 Å². The Bertz CT molecular complexity index is 276. The number of hydrogen-bond donors (Lipinski definition) is 0. The van der Waals surface area contributed by atoms with Gasteiger partial charge in [0.15, 0.2) is 0 Å². The van der Waals surface area contributed by atoms with E-state index in [1.807, 2.05) is 13.8 Å². The van der Waals surface area contributed by atoms with Crippen molar-refractivity contribution in [2.45, 2.75) is 39.0 Å². The van der Waals surface area contributed by atoms with Crippen LogP contribution < -0.4 is 0 Å². The van der Waals surface area contributed by atoms with E-state index in [2.05, 4.69) is 0 Å². The lowest BCUT2D eigenvalue weighted by molar-refractivity contribution is -0.139. The molecule has 0 bridgehead atoms. The van der Waals surface area contributed by atoms with E-state index in [4.69, 9.17) is 0 Å². The molecule has 2 fully saturated rings. The van der Waals surface area contributed by atoms with E-state index in [1.165, 1.54) is 0 Å². The highest BCUT2D eigenvalue weighted by Gasteiger charge is 2.42. The largest absolute Gasteiger partial charge is 0.339 e. The summed E-state index contributed by atoms with van der Waals surface area (Å²) in [6.07, 6.45) is -1.07. The summed E-state index contributed by atoms with van der Waals surface area (Å²) in [5.41, 5.74) is 0. The Morgan fingerprint density at radius 3 is 2.31 bits per heavy atom. The van der Waals surface area contributed by atoms with Gasteiger partial charge in [-0.05, 0) is 18.8 Å². The third kappa shape index (κ3) is 2.06. The lowest BCUT2D eigenvalue weighted by atomic mass is 9.82. The van der Waals surface area contributed by atoms with E-state index < -0.39 is 12.3 Å². The van der Waals surface area contributed by atoms with Crippen LogP contribution in [0.5, 0.6) is 0 Å². The molecule has 92 valence electrons. The summed E-state index contributed by atoms with van der Waals surface area (Å²) in [5, 5.41) is 0. The Labute approximate surface area is 95.0 Å². The monoisotopic (exact) mass is 231 g/mol. The Hall–Kier alpha value is -0.670. The van der Waals surface area contributed by atoms with Gasteiger partial charge in [0, 0.05) is 18.4 Å². The maximum absolute atomic E-state index is 13.6. The summed E-state index contributed by atoms with van der Waals surface area (Å²) >= 11 is 0. The lowest BCUT2D eigenvalue weighted by Gasteiger charge is -2.32. The number of likely N-dealkylation sites (tertiary alicyclic amines) is 1. The molecule has 1 aliphatic carbocycles. The maximum Gasteiger partial charge on any atom is 0.226 e. The molecule has 16 heavy (non-hydrogen) atoms. The Morgan fingerprint density at radius 2 is 1.88 bits per heavy atom. The predicted octanol–water partition coefficient (Wildman–Crippen LogP) is 2.19. The first kappa shape index (κ1) is 11.8. The quantitative estimate of drug-likeness (QED) is 0.713. The lowest BCUT2D eigenvalue weighted by Crippen LogP contribution is -2.41. The van der Waals surface area contributed by atoms with Crippen molar-refractivity contribution in [2.75, 3.05) is 13.1 Å². The molecule has 4 heteroatoms. The summed E-state index contributed by atoms with van der Waals surface area (Å²) in [7, 11) is 0. The van der Waals surface area contributed by atoms with Crippen LogP contribution in [0.1, 0.15) is 26.7 Å². The molecular formula is C12H19F2NO.